The average Bonchev–Trinajstić information content (AvgIpc) is 3.38. The molecule has 4 aromatic rings. The van der Waals surface area contributed by atoms with Crippen LogP contribution in [0.2, 0.25) is 0 Å². The Bertz CT molecular complexity index is 1670. The summed E-state index contributed by atoms with van der Waals surface area (Å²) in [5.41, 5.74) is 1.79. The van der Waals surface area contributed by atoms with Gasteiger partial charge >= 0.3 is 7.60 Å². The predicted molar refractivity (Wildman–Crippen MR) is 156 cm³/mol. The monoisotopic (exact) mass is 664 g/mol. The van der Waals surface area contributed by atoms with Crippen molar-refractivity contribution in [3.05, 3.63) is 100 Å². The van der Waals surface area contributed by atoms with E-state index in [0.29, 0.717) is 22.5 Å². The fraction of sp³-hybridized carbons (Fsp3) is 0.185. The Kier molecular flexibility index (Phi) is 9.58. The number of benzene rings is 3. The van der Waals surface area contributed by atoms with E-state index in [-0.39, 0.29) is 23.8 Å². The van der Waals surface area contributed by atoms with Crippen LogP contribution in [0.3, 0.4) is 0 Å². The van der Waals surface area contributed by atoms with Crippen LogP contribution in [0, 0.1) is 5.82 Å². The molecule has 3 aromatic carbocycles. The van der Waals surface area contributed by atoms with Crippen LogP contribution in [-0.2, 0) is 23.6 Å². The topological polar surface area (TPSA) is 143 Å². The van der Waals surface area contributed by atoms with Crippen LogP contribution in [0.1, 0.15) is 35.7 Å². The molecule has 1 amide bonds. The largest absolute Gasteiger partial charge is 0.357 e. The second-order valence-electron chi connectivity index (χ2n) is 8.68. The van der Waals surface area contributed by atoms with Gasteiger partial charge in [-0.3, -0.25) is 9.36 Å². The quantitative estimate of drug-likeness (QED) is 0.193. The van der Waals surface area contributed by atoms with Crippen molar-refractivity contribution in [1.82, 2.24) is 15.1 Å². The first kappa shape index (κ1) is 30.8. The second kappa shape index (κ2) is 12.8. The number of nitrogens with zero attached hydrogens (tertiary/aromatic N) is 2. The number of rotatable bonds is 11. The van der Waals surface area contributed by atoms with Crippen LogP contribution in [0.5, 0.6) is 0 Å². The summed E-state index contributed by atoms with van der Waals surface area (Å²) >= 11 is 3.37. The van der Waals surface area contributed by atoms with E-state index < -0.39 is 35.1 Å². The van der Waals surface area contributed by atoms with E-state index in [1.807, 2.05) is 0 Å². The maximum atomic E-state index is 13.8. The van der Waals surface area contributed by atoms with Crippen molar-refractivity contribution in [2.45, 2.75) is 24.5 Å². The number of nitrogens with two attached hydrogens (primary N) is 1. The molecule has 0 aliphatic carbocycles. The van der Waals surface area contributed by atoms with E-state index in [1.54, 1.807) is 38.1 Å². The van der Waals surface area contributed by atoms with E-state index in [1.165, 1.54) is 59.3 Å². The maximum absolute atomic E-state index is 13.8. The lowest BCUT2D eigenvalue weighted by Gasteiger charge is -2.27. The van der Waals surface area contributed by atoms with Gasteiger partial charge in [-0.1, -0.05) is 28.1 Å². The molecule has 0 fully saturated rings. The highest BCUT2D eigenvalue weighted by atomic mass is 79.9. The lowest BCUT2D eigenvalue weighted by atomic mass is 10.1. The number of carbonyl (C=O) groups is 1. The Morgan fingerprint density at radius 1 is 1.02 bits per heavy atom. The maximum Gasteiger partial charge on any atom is 0.357 e. The molecular formula is C27H27BrFN4O6PS. The van der Waals surface area contributed by atoms with Gasteiger partial charge in [0.25, 0.3) is 5.91 Å². The fourth-order valence-corrected chi connectivity index (χ4v) is 6.71. The average molecular weight is 665 g/mol. The Labute approximate surface area is 245 Å². The van der Waals surface area contributed by atoms with E-state index in [2.05, 4.69) is 26.3 Å². The number of aromatic nitrogens is 2. The first-order valence-electron chi connectivity index (χ1n) is 12.4. The normalized spacial score (nSPS) is 12.7. The van der Waals surface area contributed by atoms with Gasteiger partial charge in [-0.05, 0) is 86.1 Å². The molecule has 0 saturated heterocycles. The highest BCUT2D eigenvalue weighted by Gasteiger charge is 2.39. The molecule has 4 rings (SSSR count). The minimum Gasteiger partial charge on any atom is -0.333 e. The first-order valence-corrected chi connectivity index (χ1v) is 16.3. The third-order valence-electron chi connectivity index (χ3n) is 5.88. The first-order chi connectivity index (χ1) is 19.4. The van der Waals surface area contributed by atoms with Crippen LogP contribution in [0.15, 0.2) is 88.2 Å². The van der Waals surface area contributed by atoms with Gasteiger partial charge in [0, 0.05) is 10.0 Å². The smallest absolute Gasteiger partial charge is 0.333 e. The molecule has 1 heterocycles. The van der Waals surface area contributed by atoms with Gasteiger partial charge in [0.15, 0.2) is 11.5 Å². The summed E-state index contributed by atoms with van der Waals surface area (Å²) in [7, 11) is -7.81. The van der Waals surface area contributed by atoms with Crippen molar-refractivity contribution in [2.24, 2.45) is 5.14 Å². The van der Waals surface area contributed by atoms with Gasteiger partial charge in [0.05, 0.1) is 29.5 Å². The number of hydrogen-bond donors (Lipinski definition) is 2. The zero-order valence-corrected chi connectivity index (χ0v) is 25.3. The second-order valence-corrected chi connectivity index (χ2v) is 13.3. The van der Waals surface area contributed by atoms with Gasteiger partial charge in [0.2, 0.25) is 10.0 Å². The summed E-state index contributed by atoms with van der Waals surface area (Å²) in [5.74, 6) is -2.28. The van der Waals surface area contributed by atoms with Crippen molar-refractivity contribution < 1.29 is 31.2 Å². The molecule has 0 saturated carbocycles. The Hall–Kier alpha value is -3.19. The highest BCUT2D eigenvalue weighted by molar-refractivity contribution is 9.10. The van der Waals surface area contributed by atoms with Crippen LogP contribution in [-0.4, -0.2) is 37.3 Å². The summed E-state index contributed by atoms with van der Waals surface area (Å²) in [6.45, 7) is 3.50. The summed E-state index contributed by atoms with van der Waals surface area (Å²) in [6.07, 6.45) is 0. The molecule has 0 spiro atoms. The lowest BCUT2D eigenvalue weighted by molar-refractivity contribution is 0.0931. The van der Waals surface area contributed by atoms with E-state index in [9.17, 15) is 22.2 Å². The Morgan fingerprint density at radius 2 is 1.61 bits per heavy atom. The van der Waals surface area contributed by atoms with Gasteiger partial charge in [0.1, 0.15) is 5.82 Å². The van der Waals surface area contributed by atoms with E-state index in [4.69, 9.17) is 14.2 Å². The molecule has 0 aliphatic heterocycles. The minimum atomic E-state index is -3.93. The number of hydrogen-bond acceptors (Lipinski definition) is 7. The number of carbonyl (C=O) groups excluding carboxylic acids is 1. The van der Waals surface area contributed by atoms with E-state index >= 15 is 0 Å². The van der Waals surface area contributed by atoms with Gasteiger partial charge in [-0.2, -0.15) is 5.10 Å². The molecule has 216 valence electrons. The summed E-state index contributed by atoms with van der Waals surface area (Å²) in [5, 5.41) is 12.4. The zero-order chi connectivity index (χ0) is 29.8. The number of sulfonamides is 1. The molecule has 0 radical (unpaired) electrons. The van der Waals surface area contributed by atoms with Crippen LogP contribution in [0.4, 0.5) is 4.39 Å². The Morgan fingerprint density at radius 3 is 2.15 bits per heavy atom. The fourth-order valence-electron chi connectivity index (χ4n) is 4.03. The summed E-state index contributed by atoms with van der Waals surface area (Å²) < 4.78 is 64.3. The van der Waals surface area contributed by atoms with Gasteiger partial charge in [-0.25, -0.2) is 22.6 Å². The molecule has 0 bridgehead atoms. The lowest BCUT2D eigenvalue weighted by Crippen LogP contribution is -2.30. The number of primary sulfonamides is 1. The number of nitrogens with one attached hydrogen (secondary N) is 1. The molecule has 1 atom stereocenters. The van der Waals surface area contributed by atoms with Gasteiger partial charge < -0.3 is 14.4 Å². The van der Waals surface area contributed by atoms with Crippen molar-refractivity contribution in [1.29, 1.82) is 0 Å². The minimum absolute atomic E-state index is 0.0542. The number of halogens is 2. The van der Waals surface area contributed by atoms with Crippen molar-refractivity contribution in [3.8, 4) is 16.9 Å². The predicted octanol–water partition coefficient (Wildman–Crippen LogP) is 5.78. The SMILES string of the molecule is CCOP(=O)(OCC)C(NC(=O)c1cc(-c2ccc(F)cc2)n(-c2ccc(S(N)(=O)=O)cc2)n1)c1ccc(Br)cc1. The third kappa shape index (κ3) is 7.18. The summed E-state index contributed by atoms with van der Waals surface area (Å²) in [6, 6.07) is 19.5. The molecule has 10 nitrogen and oxygen atoms in total. The zero-order valence-electron chi connectivity index (χ0n) is 22.0. The molecule has 3 N–H and O–H groups in total. The van der Waals surface area contributed by atoms with E-state index in [0.717, 1.165) is 4.47 Å². The molecule has 0 aliphatic rings. The van der Waals surface area contributed by atoms with Crippen LogP contribution in [0.25, 0.3) is 16.9 Å². The van der Waals surface area contributed by atoms with Crippen molar-refractivity contribution >= 4 is 39.5 Å². The third-order valence-corrected chi connectivity index (χ3v) is 9.63. The number of amides is 1. The van der Waals surface area contributed by atoms with Crippen molar-refractivity contribution in [3.63, 3.8) is 0 Å². The molecule has 1 unspecified atom stereocenters. The van der Waals surface area contributed by atoms with Crippen LogP contribution >= 0.6 is 23.5 Å². The summed E-state index contributed by atoms with van der Waals surface area (Å²) in [4.78, 5) is 13.5. The molecule has 1 aromatic heterocycles. The molecule has 41 heavy (non-hydrogen) atoms. The van der Waals surface area contributed by atoms with Crippen LogP contribution < -0.4 is 10.5 Å². The Balaban J connectivity index is 1.79. The standard InChI is InChI=1S/C27H27BrFN4O6PS/c1-3-38-40(35,39-4-2)27(19-5-9-20(28)10-6-19)31-26(34)24-17-25(18-7-11-21(29)12-8-18)33(32-24)22-13-15-23(16-14-22)41(30,36)37/h5-17,27H,3-4H2,1-2H3,(H,31,34)(H2,30,36,37). The molecular weight excluding hydrogens is 638 g/mol. The van der Waals surface area contributed by atoms with Crippen molar-refractivity contribution in [2.75, 3.05) is 13.2 Å². The van der Waals surface area contributed by atoms with Gasteiger partial charge in [-0.15, -0.1) is 0 Å². The highest BCUT2D eigenvalue weighted by Crippen LogP contribution is 2.59. The molecule has 14 heteroatoms.